The van der Waals surface area contributed by atoms with Crippen molar-refractivity contribution in [2.24, 2.45) is 0 Å². The number of aromatic amines is 1. The van der Waals surface area contributed by atoms with Crippen LogP contribution in [0.5, 0.6) is 0 Å². The van der Waals surface area contributed by atoms with Crippen LogP contribution in [0.25, 0.3) is 5.52 Å². The minimum absolute atomic E-state index is 0.108. The molecular weight excluding hydrogens is 408 g/mol. The lowest BCUT2D eigenvalue weighted by atomic mass is 9.99. The third-order valence-corrected chi connectivity index (χ3v) is 5.62. The highest BCUT2D eigenvalue weighted by atomic mass is 35.5. The molecule has 0 aliphatic carbocycles. The van der Waals surface area contributed by atoms with E-state index in [1.54, 1.807) is 41.9 Å². The zero-order chi connectivity index (χ0) is 21.0. The Morgan fingerprint density at radius 2 is 2.30 bits per heavy atom. The molecule has 0 saturated heterocycles. The maximum absolute atomic E-state index is 13.5. The largest absolute Gasteiger partial charge is 0.432 e. The number of hydrogen-bond donors (Lipinski definition) is 2. The van der Waals surface area contributed by atoms with E-state index < -0.39 is 12.1 Å². The van der Waals surface area contributed by atoms with Crippen molar-refractivity contribution in [2.75, 3.05) is 6.54 Å². The number of aliphatic hydroxyl groups is 1. The SMILES string of the molecule is Cc1nc([C@@H](C)O)oc1C(=O)N1CCc2[nH]cnc2[C@H]1c1cc2c(Cl)cccn2n1. The highest BCUT2D eigenvalue weighted by molar-refractivity contribution is 6.33. The van der Waals surface area contributed by atoms with Gasteiger partial charge in [0.25, 0.3) is 5.91 Å². The van der Waals surface area contributed by atoms with Crippen LogP contribution in [0.4, 0.5) is 0 Å². The fourth-order valence-corrected chi connectivity index (χ4v) is 4.07. The Labute approximate surface area is 176 Å². The number of fused-ring (bicyclic) bond motifs is 2. The van der Waals surface area contributed by atoms with Crippen LogP contribution in [-0.4, -0.2) is 47.0 Å². The number of amides is 1. The van der Waals surface area contributed by atoms with E-state index in [2.05, 4.69) is 20.1 Å². The molecule has 0 fully saturated rings. The fraction of sp³-hybridized carbons (Fsp3) is 0.300. The number of nitrogens with zero attached hydrogens (tertiary/aromatic N) is 5. The summed E-state index contributed by atoms with van der Waals surface area (Å²) >= 11 is 6.33. The van der Waals surface area contributed by atoms with Gasteiger partial charge in [0.15, 0.2) is 0 Å². The number of aliphatic hydroxyl groups excluding tert-OH is 1. The second-order valence-electron chi connectivity index (χ2n) is 7.32. The van der Waals surface area contributed by atoms with Gasteiger partial charge in [-0.25, -0.2) is 14.5 Å². The normalized spacial score (nSPS) is 17.3. The van der Waals surface area contributed by atoms with E-state index >= 15 is 0 Å². The van der Waals surface area contributed by atoms with Crippen LogP contribution in [-0.2, 0) is 6.42 Å². The lowest BCUT2D eigenvalue weighted by molar-refractivity contribution is 0.0644. The molecule has 4 aromatic heterocycles. The first-order chi connectivity index (χ1) is 14.4. The van der Waals surface area contributed by atoms with E-state index in [9.17, 15) is 9.90 Å². The molecule has 1 aliphatic heterocycles. The van der Waals surface area contributed by atoms with E-state index in [4.69, 9.17) is 16.0 Å². The molecule has 0 aromatic carbocycles. The summed E-state index contributed by atoms with van der Waals surface area (Å²) in [6.45, 7) is 3.68. The van der Waals surface area contributed by atoms with E-state index in [1.165, 1.54) is 0 Å². The zero-order valence-corrected chi connectivity index (χ0v) is 17.1. The average molecular weight is 427 g/mol. The van der Waals surface area contributed by atoms with E-state index in [-0.39, 0.29) is 17.6 Å². The van der Waals surface area contributed by atoms with E-state index in [0.717, 1.165) is 16.9 Å². The zero-order valence-electron chi connectivity index (χ0n) is 16.3. The van der Waals surface area contributed by atoms with Crippen molar-refractivity contribution in [2.45, 2.75) is 32.4 Å². The molecule has 1 amide bonds. The summed E-state index contributed by atoms with van der Waals surface area (Å²) < 4.78 is 7.28. The summed E-state index contributed by atoms with van der Waals surface area (Å²) in [6, 6.07) is 4.96. The van der Waals surface area contributed by atoms with Gasteiger partial charge in [-0.2, -0.15) is 5.10 Å². The first-order valence-electron chi connectivity index (χ1n) is 9.56. The van der Waals surface area contributed by atoms with Crippen LogP contribution in [0, 0.1) is 6.92 Å². The molecule has 154 valence electrons. The van der Waals surface area contributed by atoms with Crippen LogP contribution < -0.4 is 0 Å². The van der Waals surface area contributed by atoms with Crippen molar-refractivity contribution < 1.29 is 14.3 Å². The number of nitrogens with one attached hydrogen (secondary N) is 1. The number of aryl methyl sites for hydroxylation is 1. The van der Waals surface area contributed by atoms with Gasteiger partial charge in [0.2, 0.25) is 11.7 Å². The van der Waals surface area contributed by atoms with Crippen LogP contribution in [0.3, 0.4) is 0 Å². The second kappa shape index (κ2) is 6.96. The first kappa shape index (κ1) is 18.8. The minimum atomic E-state index is -0.902. The van der Waals surface area contributed by atoms with Gasteiger partial charge in [0.05, 0.1) is 33.9 Å². The van der Waals surface area contributed by atoms with Gasteiger partial charge in [-0.3, -0.25) is 4.79 Å². The van der Waals surface area contributed by atoms with Gasteiger partial charge in [-0.15, -0.1) is 0 Å². The van der Waals surface area contributed by atoms with Crippen molar-refractivity contribution in [3.63, 3.8) is 0 Å². The number of carbonyl (C=O) groups excluding carboxylic acids is 1. The van der Waals surface area contributed by atoms with Gasteiger partial charge in [-0.1, -0.05) is 11.6 Å². The minimum Gasteiger partial charge on any atom is -0.432 e. The predicted octanol–water partition coefficient (Wildman–Crippen LogP) is 2.85. The van der Waals surface area contributed by atoms with Gasteiger partial charge >= 0.3 is 0 Å². The molecule has 5 heterocycles. The van der Waals surface area contributed by atoms with Crippen molar-refractivity contribution in [1.29, 1.82) is 0 Å². The van der Waals surface area contributed by atoms with Gasteiger partial charge in [0, 0.05) is 24.9 Å². The van der Waals surface area contributed by atoms with Crippen molar-refractivity contribution in [3.05, 3.63) is 70.2 Å². The summed E-state index contributed by atoms with van der Waals surface area (Å²) in [4.78, 5) is 27.0. The van der Waals surface area contributed by atoms with Gasteiger partial charge in [-0.05, 0) is 32.0 Å². The molecular formula is C20H19ClN6O3. The third kappa shape index (κ3) is 2.89. The molecule has 5 rings (SSSR count). The van der Waals surface area contributed by atoms with Crippen molar-refractivity contribution in [1.82, 2.24) is 29.5 Å². The predicted molar refractivity (Wildman–Crippen MR) is 107 cm³/mol. The number of aromatic nitrogens is 5. The maximum Gasteiger partial charge on any atom is 0.292 e. The van der Waals surface area contributed by atoms with Crippen LogP contribution in [0.15, 0.2) is 35.1 Å². The Hall–Kier alpha value is -3.17. The molecule has 2 N–H and O–H groups in total. The molecule has 0 spiro atoms. The molecule has 1 aliphatic rings. The van der Waals surface area contributed by atoms with Crippen LogP contribution >= 0.6 is 11.6 Å². The lowest BCUT2D eigenvalue weighted by Crippen LogP contribution is -2.41. The van der Waals surface area contributed by atoms with Crippen molar-refractivity contribution >= 4 is 23.0 Å². The molecule has 0 saturated carbocycles. The fourth-order valence-electron chi connectivity index (χ4n) is 3.85. The molecule has 4 aromatic rings. The number of hydrogen-bond acceptors (Lipinski definition) is 6. The Morgan fingerprint density at radius 1 is 1.47 bits per heavy atom. The summed E-state index contributed by atoms with van der Waals surface area (Å²) in [5, 5.41) is 15.0. The maximum atomic E-state index is 13.5. The van der Waals surface area contributed by atoms with Crippen LogP contribution in [0.1, 0.15) is 58.3 Å². The van der Waals surface area contributed by atoms with Gasteiger partial charge in [0.1, 0.15) is 12.1 Å². The average Bonchev–Trinajstić information content (AvgIpc) is 3.44. The number of oxazole rings is 1. The smallest absolute Gasteiger partial charge is 0.292 e. The van der Waals surface area contributed by atoms with E-state index in [0.29, 0.717) is 29.4 Å². The molecule has 9 nitrogen and oxygen atoms in total. The molecule has 0 unspecified atom stereocenters. The molecule has 0 radical (unpaired) electrons. The number of rotatable bonds is 3. The number of halogens is 1. The van der Waals surface area contributed by atoms with Crippen LogP contribution in [0.2, 0.25) is 5.02 Å². The molecule has 30 heavy (non-hydrogen) atoms. The summed E-state index contributed by atoms with van der Waals surface area (Å²) in [5.74, 6) is -0.102. The second-order valence-corrected chi connectivity index (χ2v) is 7.72. The Bertz CT molecular complexity index is 1260. The highest BCUT2D eigenvalue weighted by Crippen LogP contribution is 2.35. The number of imidazole rings is 1. The third-order valence-electron chi connectivity index (χ3n) is 5.30. The van der Waals surface area contributed by atoms with Crippen molar-refractivity contribution in [3.8, 4) is 0 Å². The highest BCUT2D eigenvalue weighted by Gasteiger charge is 2.38. The molecule has 0 bridgehead atoms. The standard InChI is InChI=1S/C20H19ClN6O3/c1-10-18(30-19(24-10)11(2)28)20(29)26-7-5-13-16(23-9-22-13)17(26)14-8-15-12(21)4-3-6-27(15)25-14/h3-4,6,8-9,11,17,28H,5,7H2,1-2H3,(H,22,23)/t11-,17-/m1/s1. The molecule has 2 atom stereocenters. The number of H-pyrrole nitrogens is 1. The monoisotopic (exact) mass is 426 g/mol. The summed E-state index contributed by atoms with van der Waals surface area (Å²) in [7, 11) is 0. The Balaban J connectivity index is 1.62. The number of pyridine rings is 1. The number of carbonyl (C=O) groups is 1. The summed E-state index contributed by atoms with van der Waals surface area (Å²) in [5.41, 5.74) is 3.53. The summed E-state index contributed by atoms with van der Waals surface area (Å²) in [6.07, 6.45) is 3.16. The quantitative estimate of drug-likeness (QED) is 0.521. The van der Waals surface area contributed by atoms with Gasteiger partial charge < -0.3 is 19.4 Å². The topological polar surface area (TPSA) is 113 Å². The first-order valence-corrected chi connectivity index (χ1v) is 9.94. The van der Waals surface area contributed by atoms with E-state index in [1.807, 2.05) is 12.1 Å². The lowest BCUT2D eigenvalue weighted by Gasteiger charge is -2.33. The molecule has 10 heteroatoms. The Kier molecular flexibility index (Phi) is 4.37. The Morgan fingerprint density at radius 3 is 3.03 bits per heavy atom.